The fraction of sp³-hybridized carbons (Fsp3) is 0.464. The second-order valence-electron chi connectivity index (χ2n) is 10.1. The summed E-state index contributed by atoms with van der Waals surface area (Å²) < 4.78 is 25.1. The molecule has 1 aliphatic rings. The lowest BCUT2D eigenvalue weighted by Crippen LogP contribution is -2.50. The van der Waals surface area contributed by atoms with Gasteiger partial charge in [0.15, 0.2) is 0 Å². The molecule has 2 aromatic rings. The van der Waals surface area contributed by atoms with Gasteiger partial charge in [-0.05, 0) is 57.4 Å². The minimum Gasteiger partial charge on any atom is -0.491 e. The molecular formula is C28H37FN4O5. The van der Waals surface area contributed by atoms with Gasteiger partial charge < -0.3 is 29.5 Å². The van der Waals surface area contributed by atoms with Crippen molar-refractivity contribution < 1.29 is 28.2 Å². The van der Waals surface area contributed by atoms with E-state index in [1.807, 2.05) is 32.8 Å². The molecule has 0 saturated carbocycles. The number of amides is 3. The van der Waals surface area contributed by atoms with Crippen molar-refractivity contribution in [3.8, 4) is 5.75 Å². The summed E-state index contributed by atoms with van der Waals surface area (Å²) in [6.45, 7) is 5.07. The zero-order valence-corrected chi connectivity index (χ0v) is 22.9. The highest BCUT2D eigenvalue weighted by Crippen LogP contribution is 2.27. The second-order valence-corrected chi connectivity index (χ2v) is 10.1. The Balaban J connectivity index is 1.93. The van der Waals surface area contributed by atoms with Crippen molar-refractivity contribution in [2.45, 2.75) is 26.0 Å². The summed E-state index contributed by atoms with van der Waals surface area (Å²) in [6, 6.07) is 9.72. The Labute approximate surface area is 223 Å². The lowest BCUT2D eigenvalue weighted by Gasteiger charge is -2.36. The van der Waals surface area contributed by atoms with Gasteiger partial charge in [-0.2, -0.15) is 0 Å². The Morgan fingerprint density at radius 2 is 1.82 bits per heavy atom. The van der Waals surface area contributed by atoms with Gasteiger partial charge in [-0.25, -0.2) is 4.39 Å². The molecule has 0 unspecified atom stereocenters. The van der Waals surface area contributed by atoms with Gasteiger partial charge in [0.1, 0.15) is 18.2 Å². The molecule has 206 valence electrons. The fourth-order valence-electron chi connectivity index (χ4n) is 4.36. The standard InChI is InChI=1S/C28H37FN4O5/c1-18-14-33(26(34)16-31(3)4)19(2)17-38-24-13-22(30-27(35)20-7-9-21(29)10-8-20)11-12-23(24)28(36)32(5)15-25(18)37-6/h7-13,18-19,25H,14-17H2,1-6H3,(H,30,35)/t18-,19-,25+/m1/s1. The average molecular weight is 529 g/mol. The van der Waals surface area contributed by atoms with Crippen molar-refractivity contribution in [1.82, 2.24) is 14.7 Å². The third-order valence-corrected chi connectivity index (χ3v) is 6.58. The van der Waals surface area contributed by atoms with Crippen molar-refractivity contribution in [1.29, 1.82) is 0 Å². The molecule has 0 aliphatic carbocycles. The van der Waals surface area contributed by atoms with E-state index in [4.69, 9.17) is 9.47 Å². The zero-order valence-electron chi connectivity index (χ0n) is 22.9. The maximum absolute atomic E-state index is 13.4. The molecule has 0 fully saturated rings. The van der Waals surface area contributed by atoms with Crippen LogP contribution in [0.2, 0.25) is 0 Å². The third-order valence-electron chi connectivity index (χ3n) is 6.58. The minimum absolute atomic E-state index is 0.0326. The number of halogens is 1. The van der Waals surface area contributed by atoms with E-state index in [2.05, 4.69) is 5.32 Å². The van der Waals surface area contributed by atoms with Crippen LogP contribution in [-0.2, 0) is 9.53 Å². The van der Waals surface area contributed by atoms with Crippen molar-refractivity contribution in [3.63, 3.8) is 0 Å². The lowest BCUT2D eigenvalue weighted by atomic mass is 10.0. The summed E-state index contributed by atoms with van der Waals surface area (Å²) in [6.07, 6.45) is -0.288. The molecule has 0 radical (unpaired) electrons. The molecule has 1 aliphatic heterocycles. The highest BCUT2D eigenvalue weighted by Gasteiger charge is 2.30. The largest absolute Gasteiger partial charge is 0.491 e. The molecule has 1 N–H and O–H groups in total. The van der Waals surface area contributed by atoms with Crippen molar-refractivity contribution >= 4 is 23.4 Å². The summed E-state index contributed by atoms with van der Waals surface area (Å²) in [4.78, 5) is 44.3. The highest BCUT2D eigenvalue weighted by atomic mass is 19.1. The SMILES string of the molecule is CO[C@H]1CN(C)C(=O)c2ccc(NC(=O)c3ccc(F)cc3)cc2OC[C@@H](C)N(C(=O)CN(C)C)C[C@H]1C. The predicted octanol–water partition coefficient (Wildman–Crippen LogP) is 2.97. The molecule has 9 nitrogen and oxygen atoms in total. The first-order valence-corrected chi connectivity index (χ1v) is 12.6. The van der Waals surface area contributed by atoms with Crippen LogP contribution < -0.4 is 10.1 Å². The number of anilines is 1. The maximum Gasteiger partial charge on any atom is 0.257 e. The van der Waals surface area contributed by atoms with Crippen LogP contribution in [0.1, 0.15) is 34.6 Å². The number of hydrogen-bond acceptors (Lipinski definition) is 6. The molecule has 0 aromatic heterocycles. The molecule has 3 rings (SSSR count). The number of methoxy groups -OCH3 is 1. The molecule has 3 amide bonds. The minimum atomic E-state index is -0.435. The summed E-state index contributed by atoms with van der Waals surface area (Å²) in [5.74, 6) is -0.892. The quantitative estimate of drug-likeness (QED) is 0.642. The summed E-state index contributed by atoms with van der Waals surface area (Å²) in [5, 5.41) is 2.77. The van der Waals surface area contributed by atoms with Crippen LogP contribution in [0, 0.1) is 11.7 Å². The van der Waals surface area contributed by atoms with Crippen molar-refractivity contribution in [2.75, 3.05) is 59.8 Å². The molecule has 1 heterocycles. The van der Waals surface area contributed by atoms with E-state index in [1.165, 1.54) is 24.3 Å². The van der Waals surface area contributed by atoms with E-state index in [0.29, 0.717) is 29.9 Å². The smallest absolute Gasteiger partial charge is 0.257 e. The fourth-order valence-corrected chi connectivity index (χ4v) is 4.36. The predicted molar refractivity (Wildman–Crippen MR) is 143 cm³/mol. The third kappa shape index (κ3) is 7.29. The van der Waals surface area contributed by atoms with Gasteiger partial charge in [-0.1, -0.05) is 6.92 Å². The van der Waals surface area contributed by atoms with Crippen LogP contribution in [0.3, 0.4) is 0 Å². The first kappa shape index (κ1) is 29.1. The van der Waals surface area contributed by atoms with Crippen LogP contribution in [0.25, 0.3) is 0 Å². The number of nitrogens with one attached hydrogen (secondary N) is 1. The monoisotopic (exact) mass is 528 g/mol. The molecule has 3 atom stereocenters. The van der Waals surface area contributed by atoms with Gasteiger partial charge in [-0.3, -0.25) is 14.4 Å². The maximum atomic E-state index is 13.4. The van der Waals surface area contributed by atoms with E-state index in [0.717, 1.165) is 0 Å². The summed E-state index contributed by atoms with van der Waals surface area (Å²) in [5.41, 5.74) is 1.03. The lowest BCUT2D eigenvalue weighted by molar-refractivity contribution is -0.136. The van der Waals surface area contributed by atoms with E-state index in [9.17, 15) is 18.8 Å². The molecule has 0 bridgehead atoms. The van der Waals surface area contributed by atoms with Crippen LogP contribution in [-0.4, -0.2) is 99.1 Å². The Bertz CT molecular complexity index is 1140. The number of carbonyl (C=O) groups excluding carboxylic acids is 3. The number of fused-ring (bicyclic) bond motifs is 1. The van der Waals surface area contributed by atoms with E-state index in [1.54, 1.807) is 42.2 Å². The van der Waals surface area contributed by atoms with Gasteiger partial charge in [-0.15, -0.1) is 0 Å². The molecule has 2 aromatic carbocycles. The number of likely N-dealkylation sites (N-methyl/N-ethyl adjacent to an activating group) is 2. The molecule has 38 heavy (non-hydrogen) atoms. The molecule has 0 spiro atoms. The van der Waals surface area contributed by atoms with Crippen LogP contribution in [0.5, 0.6) is 5.75 Å². The van der Waals surface area contributed by atoms with Gasteiger partial charge >= 0.3 is 0 Å². The molecule has 10 heteroatoms. The summed E-state index contributed by atoms with van der Waals surface area (Å²) >= 11 is 0. The van der Waals surface area contributed by atoms with E-state index >= 15 is 0 Å². The van der Waals surface area contributed by atoms with Crippen LogP contribution in [0.4, 0.5) is 10.1 Å². The Hall–Kier alpha value is -3.50. The van der Waals surface area contributed by atoms with Crippen molar-refractivity contribution in [2.24, 2.45) is 5.92 Å². The van der Waals surface area contributed by atoms with E-state index < -0.39 is 11.7 Å². The normalized spacial score (nSPS) is 20.7. The number of hydrogen-bond donors (Lipinski definition) is 1. The summed E-state index contributed by atoms with van der Waals surface area (Å²) in [7, 11) is 6.98. The van der Waals surface area contributed by atoms with Crippen molar-refractivity contribution in [3.05, 3.63) is 59.4 Å². The van der Waals surface area contributed by atoms with E-state index in [-0.39, 0.29) is 48.8 Å². The number of benzene rings is 2. The van der Waals surface area contributed by atoms with Crippen LogP contribution >= 0.6 is 0 Å². The first-order valence-electron chi connectivity index (χ1n) is 12.6. The number of carbonyl (C=O) groups is 3. The first-order chi connectivity index (χ1) is 18.0. The zero-order chi connectivity index (χ0) is 28.0. The number of ether oxygens (including phenoxy) is 2. The molecular weight excluding hydrogens is 491 g/mol. The number of rotatable bonds is 5. The van der Waals surface area contributed by atoms with Gasteiger partial charge in [0.25, 0.3) is 11.8 Å². The van der Waals surface area contributed by atoms with Gasteiger partial charge in [0.05, 0.1) is 24.3 Å². The molecule has 0 saturated heterocycles. The highest BCUT2D eigenvalue weighted by molar-refractivity contribution is 6.05. The van der Waals surface area contributed by atoms with Gasteiger partial charge in [0.2, 0.25) is 5.91 Å². The Morgan fingerprint density at radius 1 is 1.13 bits per heavy atom. The average Bonchev–Trinajstić information content (AvgIpc) is 2.87. The second kappa shape index (κ2) is 12.8. The Morgan fingerprint density at radius 3 is 2.45 bits per heavy atom. The van der Waals surface area contributed by atoms with Gasteiger partial charge in [0, 0.05) is 50.5 Å². The Kier molecular flexibility index (Phi) is 9.82. The van der Waals surface area contributed by atoms with Crippen LogP contribution in [0.15, 0.2) is 42.5 Å². The number of nitrogens with zero attached hydrogens (tertiary/aromatic N) is 3. The topological polar surface area (TPSA) is 91.4 Å².